The third-order valence-electron chi connectivity index (χ3n) is 6.93. The topological polar surface area (TPSA) is 102 Å². The fourth-order valence-corrected chi connectivity index (χ4v) is 4.70. The van der Waals surface area contributed by atoms with Crippen molar-refractivity contribution in [3.05, 3.63) is 56.8 Å². The van der Waals surface area contributed by atoms with Crippen molar-refractivity contribution in [3.8, 4) is 11.8 Å². The van der Waals surface area contributed by atoms with Crippen LogP contribution < -0.4 is 11.2 Å². The second-order valence-corrected chi connectivity index (χ2v) is 15.5. The van der Waals surface area contributed by atoms with Crippen LogP contribution >= 0.6 is 0 Å². The first-order chi connectivity index (χ1) is 18.1. The molecule has 0 N–H and O–H groups in total. The van der Waals surface area contributed by atoms with Gasteiger partial charge in [-0.3, -0.25) is 14.2 Å². The highest BCUT2D eigenvalue weighted by Gasteiger charge is 2.44. The van der Waals surface area contributed by atoms with Crippen molar-refractivity contribution < 1.29 is 36.3 Å². The van der Waals surface area contributed by atoms with Gasteiger partial charge in [-0.15, -0.1) is 5.92 Å². The Hall–Kier alpha value is -2.92. The molecule has 39 heavy (non-hydrogen) atoms. The zero-order valence-electron chi connectivity index (χ0n) is 22.8. The van der Waals surface area contributed by atoms with E-state index in [1.807, 2.05) is 20.0 Å². The van der Waals surface area contributed by atoms with Gasteiger partial charge in [0.1, 0.15) is 24.5 Å². The summed E-state index contributed by atoms with van der Waals surface area (Å²) in [4.78, 5) is 38.8. The van der Waals surface area contributed by atoms with Gasteiger partial charge in [0.05, 0.1) is 19.0 Å². The highest BCUT2D eigenvalue weighted by atomic mass is 28.4. The average Bonchev–Trinajstić information content (AvgIpc) is 3.49. The summed E-state index contributed by atoms with van der Waals surface area (Å²) < 4.78 is 65.1. The van der Waals surface area contributed by atoms with E-state index in [1.54, 1.807) is 0 Å². The maximum atomic E-state index is 13.8. The Morgan fingerprint density at radius 1 is 1.21 bits per heavy atom. The molecule has 1 aliphatic heterocycles. The predicted octanol–water partition coefficient (Wildman–Crippen LogP) is 4.42. The van der Waals surface area contributed by atoms with Crippen molar-refractivity contribution >= 4 is 14.2 Å². The van der Waals surface area contributed by atoms with Gasteiger partial charge in [-0.25, -0.2) is 4.79 Å². The molecule has 3 rings (SSSR count). The molecule has 2 aromatic heterocycles. The molecule has 0 radical (unpaired) electrons. The van der Waals surface area contributed by atoms with Gasteiger partial charge in [0.15, 0.2) is 14.1 Å². The van der Waals surface area contributed by atoms with Gasteiger partial charge in [0, 0.05) is 19.0 Å². The quantitative estimate of drug-likeness (QED) is 0.359. The van der Waals surface area contributed by atoms with E-state index in [-0.39, 0.29) is 29.2 Å². The second kappa shape index (κ2) is 11.7. The number of alkyl halides is 3. The summed E-state index contributed by atoms with van der Waals surface area (Å²) in [5.74, 6) is 3.92. The van der Waals surface area contributed by atoms with E-state index in [4.69, 9.17) is 18.3 Å². The SMILES string of the molecule is CCC#CCO[C@H]1C[C@H](n2cc(C(F)(F)F)c(=O)n(C(=O)c3ccco3)c2=O)O[C@@H]1CO[Si](C)(C)C(C)(C)C. The summed E-state index contributed by atoms with van der Waals surface area (Å²) in [6, 6.07) is 2.45. The molecule has 0 saturated carbocycles. The van der Waals surface area contributed by atoms with Crippen LogP contribution in [-0.2, 0) is 20.1 Å². The third-order valence-corrected chi connectivity index (χ3v) is 11.4. The molecular weight excluding hydrogens is 537 g/mol. The normalized spacial score (nSPS) is 20.1. The fourth-order valence-electron chi connectivity index (χ4n) is 3.69. The van der Waals surface area contributed by atoms with Gasteiger partial charge in [-0.05, 0) is 30.3 Å². The molecule has 0 aromatic carbocycles. The Balaban J connectivity index is 2.03. The first-order valence-corrected chi connectivity index (χ1v) is 15.4. The average molecular weight is 571 g/mol. The molecule has 1 fully saturated rings. The number of nitrogens with zero attached hydrogens (tertiary/aromatic N) is 2. The lowest BCUT2D eigenvalue weighted by Crippen LogP contribution is -2.47. The van der Waals surface area contributed by atoms with Gasteiger partial charge >= 0.3 is 17.8 Å². The Morgan fingerprint density at radius 3 is 2.46 bits per heavy atom. The molecule has 0 amide bonds. The number of furan rings is 1. The number of rotatable bonds is 7. The zero-order chi connectivity index (χ0) is 29.2. The molecule has 3 atom stereocenters. The maximum absolute atomic E-state index is 13.8. The van der Waals surface area contributed by atoms with Crippen LogP contribution in [0.3, 0.4) is 0 Å². The number of hydrogen-bond acceptors (Lipinski definition) is 7. The van der Waals surface area contributed by atoms with Gasteiger partial charge < -0.3 is 18.3 Å². The van der Waals surface area contributed by atoms with E-state index in [0.29, 0.717) is 17.2 Å². The van der Waals surface area contributed by atoms with Crippen molar-refractivity contribution in [2.75, 3.05) is 13.2 Å². The Kier molecular flexibility index (Phi) is 9.16. The number of halogens is 3. The highest BCUT2D eigenvalue weighted by Crippen LogP contribution is 2.38. The first kappa shape index (κ1) is 30.6. The molecule has 0 aliphatic carbocycles. The summed E-state index contributed by atoms with van der Waals surface area (Å²) >= 11 is 0. The summed E-state index contributed by atoms with van der Waals surface area (Å²) in [5.41, 5.74) is -4.80. The molecule has 1 aliphatic rings. The Bertz CT molecular complexity index is 1350. The highest BCUT2D eigenvalue weighted by molar-refractivity contribution is 6.74. The summed E-state index contributed by atoms with van der Waals surface area (Å²) in [6.07, 6.45) is -5.77. The molecule has 13 heteroatoms. The van der Waals surface area contributed by atoms with E-state index in [9.17, 15) is 27.6 Å². The van der Waals surface area contributed by atoms with Crippen molar-refractivity contribution in [1.29, 1.82) is 0 Å². The number of carbonyl (C=O) groups excluding carboxylic acids is 1. The zero-order valence-corrected chi connectivity index (χ0v) is 23.8. The van der Waals surface area contributed by atoms with Gasteiger partial charge in [0.25, 0.3) is 5.56 Å². The molecule has 0 bridgehead atoms. The van der Waals surface area contributed by atoms with E-state index >= 15 is 0 Å². The van der Waals surface area contributed by atoms with Crippen LogP contribution in [0, 0.1) is 11.8 Å². The van der Waals surface area contributed by atoms with Crippen molar-refractivity contribution in [2.24, 2.45) is 0 Å². The lowest BCUT2D eigenvalue weighted by molar-refractivity contribution is -0.139. The number of hydrogen-bond donors (Lipinski definition) is 0. The first-order valence-electron chi connectivity index (χ1n) is 12.5. The molecule has 1 saturated heterocycles. The van der Waals surface area contributed by atoms with Crippen LogP contribution in [0.1, 0.15) is 62.9 Å². The van der Waals surface area contributed by atoms with Crippen LogP contribution in [0.4, 0.5) is 13.2 Å². The minimum Gasteiger partial charge on any atom is -0.459 e. The van der Waals surface area contributed by atoms with Gasteiger partial charge in [-0.2, -0.15) is 17.7 Å². The summed E-state index contributed by atoms with van der Waals surface area (Å²) in [6.45, 7) is 12.3. The molecule has 9 nitrogen and oxygen atoms in total. The third kappa shape index (κ3) is 6.81. The van der Waals surface area contributed by atoms with Gasteiger partial charge in [0.2, 0.25) is 0 Å². The molecule has 2 aromatic rings. The lowest BCUT2D eigenvalue weighted by atomic mass is 10.2. The smallest absolute Gasteiger partial charge is 0.423 e. The lowest BCUT2D eigenvalue weighted by Gasteiger charge is -2.37. The number of carbonyl (C=O) groups is 1. The largest absolute Gasteiger partial charge is 0.459 e. The number of aromatic nitrogens is 2. The minimum atomic E-state index is -5.15. The predicted molar refractivity (Wildman–Crippen MR) is 138 cm³/mol. The summed E-state index contributed by atoms with van der Waals surface area (Å²) in [7, 11) is -2.24. The minimum absolute atomic E-state index is 0.0380. The molecule has 0 unspecified atom stereocenters. The second-order valence-electron chi connectivity index (χ2n) is 10.6. The monoisotopic (exact) mass is 570 g/mol. The standard InChI is InChI=1S/C26H33F3N2O7Si/c1-7-8-9-12-36-19-14-21(38-20(19)16-37-39(5,6)25(2,3)4)30-15-17(26(27,28)29)22(32)31(24(30)34)23(33)18-11-10-13-35-18/h10-11,13,15,19-21H,7,12,14,16H2,1-6H3/t19-,20+,21+/m0/s1. The molecule has 3 heterocycles. The van der Waals surface area contributed by atoms with Crippen LogP contribution in [0.15, 0.2) is 38.6 Å². The van der Waals surface area contributed by atoms with E-state index in [1.165, 1.54) is 6.07 Å². The van der Waals surface area contributed by atoms with Crippen LogP contribution in [-0.4, -0.2) is 48.8 Å². The van der Waals surface area contributed by atoms with Crippen molar-refractivity contribution in [3.63, 3.8) is 0 Å². The van der Waals surface area contributed by atoms with Crippen molar-refractivity contribution in [1.82, 2.24) is 9.13 Å². The van der Waals surface area contributed by atoms with E-state index in [2.05, 4.69) is 32.6 Å². The summed E-state index contributed by atoms with van der Waals surface area (Å²) in [5, 5.41) is -0.117. The van der Waals surface area contributed by atoms with Crippen LogP contribution in [0.5, 0.6) is 0 Å². The van der Waals surface area contributed by atoms with E-state index < -0.39 is 61.4 Å². The van der Waals surface area contributed by atoms with Crippen molar-refractivity contribution in [2.45, 2.75) is 83.3 Å². The number of ether oxygens (including phenoxy) is 2. The molecule has 0 spiro atoms. The molecular formula is C26H33F3N2O7Si. The Morgan fingerprint density at radius 2 is 1.90 bits per heavy atom. The fraction of sp³-hybridized carbons (Fsp3) is 0.577. The Labute approximate surface area is 225 Å². The van der Waals surface area contributed by atoms with Crippen LogP contribution in [0.25, 0.3) is 0 Å². The molecule has 214 valence electrons. The maximum Gasteiger partial charge on any atom is 0.423 e. The van der Waals surface area contributed by atoms with Gasteiger partial charge in [-0.1, -0.05) is 33.6 Å². The van der Waals surface area contributed by atoms with Crippen LogP contribution in [0.2, 0.25) is 18.1 Å². The van der Waals surface area contributed by atoms with E-state index in [0.717, 1.165) is 12.3 Å².